The first kappa shape index (κ1) is 20.5. The molecule has 2 aromatic rings. The molecule has 8 heteroatoms. The Hall–Kier alpha value is -1.74. The highest BCUT2D eigenvalue weighted by molar-refractivity contribution is 7.89. The quantitative estimate of drug-likeness (QED) is 0.709. The Bertz CT molecular complexity index is 920. The fourth-order valence-corrected chi connectivity index (χ4v) is 6.00. The number of ether oxygens (including phenoxy) is 1. The Morgan fingerprint density at radius 2 is 1.93 bits per heavy atom. The second-order valence-electron chi connectivity index (χ2n) is 8.37. The van der Waals surface area contributed by atoms with Crippen LogP contribution in [0.2, 0.25) is 0 Å². The summed E-state index contributed by atoms with van der Waals surface area (Å²) >= 11 is 0. The van der Waals surface area contributed by atoms with Gasteiger partial charge in [0.15, 0.2) is 5.03 Å². The van der Waals surface area contributed by atoms with Gasteiger partial charge >= 0.3 is 0 Å². The summed E-state index contributed by atoms with van der Waals surface area (Å²) in [5, 5.41) is 7.98. The van der Waals surface area contributed by atoms with Gasteiger partial charge in [0.25, 0.3) is 10.0 Å². The molecule has 29 heavy (non-hydrogen) atoms. The Kier molecular flexibility index (Phi) is 5.79. The molecule has 1 N–H and O–H groups in total. The number of methoxy groups -OCH3 is 1. The molecule has 7 nitrogen and oxygen atoms in total. The molecule has 158 valence electrons. The van der Waals surface area contributed by atoms with Crippen molar-refractivity contribution in [1.29, 1.82) is 0 Å². The molecule has 0 radical (unpaired) electrons. The number of nitrogens with zero attached hydrogens (tertiary/aromatic N) is 3. The summed E-state index contributed by atoms with van der Waals surface area (Å²) in [4.78, 5) is 0. The Morgan fingerprint density at radius 1 is 1.21 bits per heavy atom. The van der Waals surface area contributed by atoms with E-state index in [1.54, 1.807) is 24.5 Å². The Labute approximate surface area is 173 Å². The summed E-state index contributed by atoms with van der Waals surface area (Å²) in [7, 11) is -0.118. The van der Waals surface area contributed by atoms with Crippen LogP contribution < -0.4 is 5.32 Å². The summed E-state index contributed by atoms with van der Waals surface area (Å²) in [6, 6.07) is 12.7. The third-order valence-corrected chi connectivity index (χ3v) is 8.35. The molecule has 2 unspecified atom stereocenters. The number of hydrogen-bond acceptors (Lipinski definition) is 5. The predicted molar refractivity (Wildman–Crippen MR) is 111 cm³/mol. The zero-order valence-corrected chi connectivity index (χ0v) is 17.9. The molecule has 1 aromatic heterocycles. The van der Waals surface area contributed by atoms with Crippen molar-refractivity contribution >= 4 is 10.0 Å². The lowest BCUT2D eigenvalue weighted by Gasteiger charge is -2.41. The van der Waals surface area contributed by atoms with Gasteiger partial charge in [-0.1, -0.05) is 30.3 Å². The van der Waals surface area contributed by atoms with Gasteiger partial charge in [0.05, 0.1) is 12.8 Å². The van der Waals surface area contributed by atoms with Crippen LogP contribution in [0.25, 0.3) is 0 Å². The van der Waals surface area contributed by atoms with Crippen LogP contribution in [0.3, 0.4) is 0 Å². The SMILES string of the molecule is COCC1(CNC2CC2c2ccccc2)CCN(S(=O)(=O)c2ccnn2C)CC1. The number of piperidine rings is 1. The minimum absolute atomic E-state index is 0.0307. The number of aryl methyl sites for hydroxylation is 1. The normalized spacial score (nSPS) is 24.5. The van der Waals surface area contributed by atoms with Gasteiger partial charge in [-0.25, -0.2) is 8.42 Å². The van der Waals surface area contributed by atoms with Crippen LogP contribution in [0.15, 0.2) is 47.6 Å². The van der Waals surface area contributed by atoms with Crippen molar-refractivity contribution in [1.82, 2.24) is 19.4 Å². The zero-order chi connectivity index (χ0) is 20.5. The van der Waals surface area contributed by atoms with Gasteiger partial charge in [-0.05, 0) is 30.9 Å². The van der Waals surface area contributed by atoms with Crippen molar-refractivity contribution in [3.63, 3.8) is 0 Å². The topological polar surface area (TPSA) is 76.5 Å². The van der Waals surface area contributed by atoms with Gasteiger partial charge in [-0.15, -0.1) is 0 Å². The highest BCUT2D eigenvalue weighted by Gasteiger charge is 2.43. The van der Waals surface area contributed by atoms with Crippen LogP contribution in [0.5, 0.6) is 0 Å². The maximum atomic E-state index is 12.9. The summed E-state index contributed by atoms with van der Waals surface area (Å²) in [6.07, 6.45) is 4.25. The lowest BCUT2D eigenvalue weighted by molar-refractivity contribution is 0.0386. The van der Waals surface area contributed by atoms with E-state index < -0.39 is 10.0 Å². The van der Waals surface area contributed by atoms with Crippen LogP contribution in [0.1, 0.15) is 30.7 Å². The number of rotatable bonds is 8. The molecule has 2 atom stereocenters. The van der Waals surface area contributed by atoms with E-state index in [2.05, 4.69) is 40.7 Å². The molecular formula is C21H30N4O3S. The van der Waals surface area contributed by atoms with E-state index >= 15 is 0 Å². The first-order chi connectivity index (χ1) is 14.0. The van der Waals surface area contributed by atoms with E-state index in [9.17, 15) is 8.42 Å². The van der Waals surface area contributed by atoms with Gasteiger partial charge in [0, 0.05) is 51.2 Å². The number of hydrogen-bond donors (Lipinski definition) is 1. The lowest BCUT2D eigenvalue weighted by atomic mass is 9.79. The molecule has 4 rings (SSSR count). The summed E-state index contributed by atoms with van der Waals surface area (Å²) < 4.78 is 34.4. The molecule has 1 aliphatic carbocycles. The average molecular weight is 419 g/mol. The molecule has 2 heterocycles. The standard InChI is InChI=1S/C21H30N4O3S/c1-24-20(8-11-23-24)29(26,27)25-12-9-21(10-13-25,16-28-2)15-22-19-14-18(19)17-6-4-3-5-7-17/h3-8,11,18-19,22H,9-10,12-16H2,1-2H3. The molecule has 0 spiro atoms. The fraction of sp³-hybridized carbons (Fsp3) is 0.571. The minimum atomic E-state index is -3.51. The monoisotopic (exact) mass is 418 g/mol. The van der Waals surface area contributed by atoms with Gasteiger partial charge in [0.1, 0.15) is 0 Å². The van der Waals surface area contributed by atoms with Gasteiger partial charge in [-0.2, -0.15) is 9.40 Å². The van der Waals surface area contributed by atoms with E-state index in [0.717, 1.165) is 25.8 Å². The summed E-state index contributed by atoms with van der Waals surface area (Å²) in [6.45, 7) is 2.51. The average Bonchev–Trinajstić information content (AvgIpc) is 3.38. The van der Waals surface area contributed by atoms with Crippen molar-refractivity contribution in [2.45, 2.75) is 36.2 Å². The molecule has 1 aromatic carbocycles. The second-order valence-corrected chi connectivity index (χ2v) is 10.3. The molecule has 0 amide bonds. The maximum absolute atomic E-state index is 12.9. The van der Waals surface area contributed by atoms with Gasteiger partial charge < -0.3 is 10.1 Å². The van der Waals surface area contributed by atoms with Crippen molar-refractivity contribution < 1.29 is 13.2 Å². The summed E-state index contributed by atoms with van der Waals surface area (Å²) in [5.74, 6) is 0.584. The third kappa shape index (κ3) is 4.26. The number of sulfonamides is 1. The predicted octanol–water partition coefficient (Wildman–Crippen LogP) is 1.98. The maximum Gasteiger partial charge on any atom is 0.260 e. The van der Waals surface area contributed by atoms with E-state index in [0.29, 0.717) is 31.7 Å². The van der Waals surface area contributed by atoms with E-state index in [1.807, 2.05) is 0 Å². The van der Waals surface area contributed by atoms with Crippen molar-refractivity contribution in [3.05, 3.63) is 48.2 Å². The number of benzene rings is 1. The smallest absolute Gasteiger partial charge is 0.260 e. The minimum Gasteiger partial charge on any atom is -0.384 e. The highest BCUT2D eigenvalue weighted by atomic mass is 32.2. The third-order valence-electron chi connectivity index (χ3n) is 6.37. The highest BCUT2D eigenvalue weighted by Crippen LogP contribution is 2.42. The fourth-order valence-electron chi connectivity index (χ4n) is 4.46. The molecule has 2 aliphatic rings. The molecule has 1 saturated heterocycles. The van der Waals surface area contributed by atoms with Crippen LogP contribution in [0, 0.1) is 5.41 Å². The van der Waals surface area contributed by atoms with Crippen molar-refractivity contribution in [3.8, 4) is 0 Å². The summed E-state index contributed by atoms with van der Waals surface area (Å²) in [5.41, 5.74) is 1.36. The van der Waals surface area contributed by atoms with E-state index in [1.165, 1.54) is 16.4 Å². The molecule has 1 aliphatic heterocycles. The lowest BCUT2D eigenvalue weighted by Crippen LogP contribution is -2.49. The second kappa shape index (κ2) is 8.18. The first-order valence-electron chi connectivity index (χ1n) is 10.2. The van der Waals surface area contributed by atoms with E-state index in [-0.39, 0.29) is 10.4 Å². The number of aromatic nitrogens is 2. The molecule has 1 saturated carbocycles. The first-order valence-corrected chi connectivity index (χ1v) is 11.6. The van der Waals surface area contributed by atoms with Crippen LogP contribution in [-0.2, 0) is 21.8 Å². The van der Waals surface area contributed by atoms with Crippen molar-refractivity contribution in [2.24, 2.45) is 12.5 Å². The Morgan fingerprint density at radius 3 is 2.55 bits per heavy atom. The molecule has 0 bridgehead atoms. The van der Waals surface area contributed by atoms with Crippen LogP contribution in [-0.4, -0.2) is 61.9 Å². The number of nitrogens with one attached hydrogen (secondary N) is 1. The largest absolute Gasteiger partial charge is 0.384 e. The van der Waals surface area contributed by atoms with Crippen molar-refractivity contribution in [2.75, 3.05) is 33.4 Å². The van der Waals surface area contributed by atoms with E-state index in [4.69, 9.17) is 4.74 Å². The Balaban J connectivity index is 1.36. The zero-order valence-electron chi connectivity index (χ0n) is 17.1. The van der Waals surface area contributed by atoms with Crippen LogP contribution in [0.4, 0.5) is 0 Å². The van der Waals surface area contributed by atoms with Crippen LogP contribution >= 0.6 is 0 Å². The van der Waals surface area contributed by atoms with Gasteiger partial charge in [0.2, 0.25) is 0 Å². The molecule has 2 fully saturated rings. The molecular weight excluding hydrogens is 388 g/mol. The van der Waals surface area contributed by atoms with Gasteiger partial charge in [-0.3, -0.25) is 4.68 Å².